The Bertz CT molecular complexity index is 808. The highest BCUT2D eigenvalue weighted by atomic mass is 16.5. The van der Waals surface area contributed by atoms with Gasteiger partial charge in [-0.3, -0.25) is 0 Å². The lowest BCUT2D eigenvalue weighted by Crippen LogP contribution is -2.34. The second-order valence-corrected chi connectivity index (χ2v) is 5.65. The topological polar surface area (TPSA) is 144 Å². The molecule has 2 rings (SSSR count). The summed E-state index contributed by atoms with van der Waals surface area (Å²) in [5.74, 6) is -0.718. The molecular formula is C18H19NO7. The summed E-state index contributed by atoms with van der Waals surface area (Å²) < 4.78 is 10.4. The SMILES string of the molecule is Cc1oc([C@H](O)[C@H](O)[C@H](O)CO)cc1C(=O)OCc1ccccc1C#N. The van der Waals surface area contributed by atoms with Crippen LogP contribution in [0.25, 0.3) is 0 Å². The molecule has 0 radical (unpaired) electrons. The van der Waals surface area contributed by atoms with E-state index >= 15 is 0 Å². The number of furan rings is 1. The molecule has 1 heterocycles. The van der Waals surface area contributed by atoms with E-state index in [1.807, 2.05) is 6.07 Å². The highest BCUT2D eigenvalue weighted by molar-refractivity contribution is 5.90. The van der Waals surface area contributed by atoms with E-state index in [9.17, 15) is 20.1 Å². The van der Waals surface area contributed by atoms with Crippen molar-refractivity contribution < 1.29 is 34.4 Å². The van der Waals surface area contributed by atoms with Crippen LogP contribution in [0.5, 0.6) is 0 Å². The van der Waals surface area contributed by atoms with Gasteiger partial charge in [0.15, 0.2) is 0 Å². The number of benzene rings is 1. The quantitative estimate of drug-likeness (QED) is 0.524. The monoisotopic (exact) mass is 361 g/mol. The van der Waals surface area contributed by atoms with Gasteiger partial charge in [0.2, 0.25) is 0 Å². The molecule has 0 amide bonds. The summed E-state index contributed by atoms with van der Waals surface area (Å²) in [7, 11) is 0. The summed E-state index contributed by atoms with van der Waals surface area (Å²) in [6.45, 7) is 0.618. The molecule has 0 fully saturated rings. The van der Waals surface area contributed by atoms with Crippen molar-refractivity contribution in [2.24, 2.45) is 0 Å². The average Bonchev–Trinajstić information content (AvgIpc) is 3.06. The number of aliphatic hydroxyl groups excluding tert-OH is 4. The number of nitriles is 1. The van der Waals surface area contributed by atoms with Gasteiger partial charge in [-0.2, -0.15) is 5.26 Å². The van der Waals surface area contributed by atoms with Gasteiger partial charge < -0.3 is 29.6 Å². The largest absolute Gasteiger partial charge is 0.463 e. The predicted molar refractivity (Wildman–Crippen MR) is 87.8 cm³/mol. The van der Waals surface area contributed by atoms with Crippen molar-refractivity contribution >= 4 is 5.97 Å². The van der Waals surface area contributed by atoms with Crippen LogP contribution in [0, 0.1) is 18.3 Å². The number of carbonyl (C=O) groups is 1. The summed E-state index contributed by atoms with van der Waals surface area (Å²) in [5.41, 5.74) is 0.979. The fourth-order valence-corrected chi connectivity index (χ4v) is 2.32. The van der Waals surface area contributed by atoms with Gasteiger partial charge in [0.1, 0.15) is 42.0 Å². The number of carbonyl (C=O) groups excluding carboxylic acids is 1. The van der Waals surface area contributed by atoms with Crippen molar-refractivity contribution in [3.8, 4) is 6.07 Å². The Kier molecular flexibility index (Phi) is 6.49. The Morgan fingerprint density at radius 1 is 1.31 bits per heavy atom. The molecule has 0 saturated carbocycles. The lowest BCUT2D eigenvalue weighted by Gasteiger charge is -2.19. The van der Waals surface area contributed by atoms with Crippen LogP contribution in [0.1, 0.15) is 39.1 Å². The first-order valence-electron chi connectivity index (χ1n) is 7.79. The van der Waals surface area contributed by atoms with E-state index in [-0.39, 0.29) is 23.7 Å². The molecule has 0 bridgehead atoms. The maximum Gasteiger partial charge on any atom is 0.342 e. The Labute approximate surface area is 149 Å². The molecule has 0 aliphatic carbocycles. The van der Waals surface area contributed by atoms with Crippen molar-refractivity contribution in [1.29, 1.82) is 5.26 Å². The van der Waals surface area contributed by atoms with Crippen molar-refractivity contribution in [3.05, 3.63) is 58.5 Å². The zero-order valence-corrected chi connectivity index (χ0v) is 14.0. The average molecular weight is 361 g/mol. The first-order chi connectivity index (χ1) is 12.4. The minimum atomic E-state index is -1.68. The molecule has 1 aromatic heterocycles. The molecule has 26 heavy (non-hydrogen) atoms. The summed E-state index contributed by atoms with van der Waals surface area (Å²) in [5, 5.41) is 46.9. The van der Waals surface area contributed by atoms with Crippen molar-refractivity contribution in [2.75, 3.05) is 6.61 Å². The highest BCUT2D eigenvalue weighted by Gasteiger charge is 2.30. The third kappa shape index (κ3) is 4.28. The zero-order valence-electron chi connectivity index (χ0n) is 14.0. The minimum Gasteiger partial charge on any atom is -0.463 e. The Balaban J connectivity index is 2.10. The maximum absolute atomic E-state index is 12.2. The van der Waals surface area contributed by atoms with E-state index in [0.29, 0.717) is 11.1 Å². The fourth-order valence-electron chi connectivity index (χ4n) is 2.32. The Morgan fingerprint density at radius 3 is 2.65 bits per heavy atom. The van der Waals surface area contributed by atoms with Gasteiger partial charge in [0, 0.05) is 5.56 Å². The van der Waals surface area contributed by atoms with Crippen LogP contribution >= 0.6 is 0 Å². The van der Waals surface area contributed by atoms with Crippen LogP contribution in [0.2, 0.25) is 0 Å². The molecule has 0 unspecified atom stereocenters. The van der Waals surface area contributed by atoms with Crippen molar-refractivity contribution in [3.63, 3.8) is 0 Å². The van der Waals surface area contributed by atoms with Crippen molar-refractivity contribution in [1.82, 2.24) is 0 Å². The third-order valence-corrected chi connectivity index (χ3v) is 3.85. The lowest BCUT2D eigenvalue weighted by atomic mass is 10.1. The van der Waals surface area contributed by atoms with Gasteiger partial charge >= 0.3 is 5.97 Å². The molecule has 8 nitrogen and oxygen atoms in total. The molecule has 8 heteroatoms. The molecule has 1 aromatic carbocycles. The summed E-state index contributed by atoms with van der Waals surface area (Å²) in [4.78, 5) is 12.2. The zero-order chi connectivity index (χ0) is 19.3. The van der Waals surface area contributed by atoms with Crippen molar-refractivity contribution in [2.45, 2.75) is 31.8 Å². The van der Waals surface area contributed by atoms with E-state index in [1.54, 1.807) is 24.3 Å². The molecule has 0 aliphatic rings. The van der Waals surface area contributed by atoms with E-state index in [4.69, 9.17) is 19.5 Å². The van der Waals surface area contributed by atoms with E-state index in [0.717, 1.165) is 0 Å². The number of aliphatic hydroxyl groups is 4. The molecule has 3 atom stereocenters. The lowest BCUT2D eigenvalue weighted by molar-refractivity contribution is -0.0837. The number of aryl methyl sites for hydroxylation is 1. The Morgan fingerprint density at radius 2 is 2.00 bits per heavy atom. The number of nitrogens with zero attached hydrogens (tertiary/aromatic N) is 1. The fraction of sp³-hybridized carbons (Fsp3) is 0.333. The van der Waals surface area contributed by atoms with Gasteiger partial charge in [-0.25, -0.2) is 4.79 Å². The smallest absolute Gasteiger partial charge is 0.342 e. The maximum atomic E-state index is 12.2. The van der Waals surface area contributed by atoms with Gasteiger partial charge in [-0.05, 0) is 19.1 Å². The molecule has 0 aliphatic heterocycles. The molecule has 138 valence electrons. The van der Waals surface area contributed by atoms with Gasteiger partial charge in [0.05, 0.1) is 18.2 Å². The number of hydrogen-bond donors (Lipinski definition) is 4. The highest BCUT2D eigenvalue weighted by Crippen LogP contribution is 2.25. The van der Waals surface area contributed by atoms with Crippen LogP contribution in [-0.4, -0.2) is 45.2 Å². The molecular weight excluding hydrogens is 342 g/mol. The van der Waals surface area contributed by atoms with Crippen LogP contribution in [0.3, 0.4) is 0 Å². The van der Waals surface area contributed by atoms with Gasteiger partial charge in [0.25, 0.3) is 0 Å². The number of rotatable bonds is 7. The first kappa shape index (κ1) is 19.6. The second kappa shape index (κ2) is 8.60. The van der Waals surface area contributed by atoms with E-state index in [1.165, 1.54) is 13.0 Å². The standard InChI is InChI=1S/C18H19NO7/c1-10-13(6-15(26-10)17(23)16(22)14(21)8-20)18(24)25-9-12-5-3-2-4-11(12)7-19/h2-6,14,16-17,20-23H,8-9H2,1H3/t14-,16-,17+/m1/s1. The van der Waals surface area contributed by atoms with Crippen LogP contribution in [-0.2, 0) is 11.3 Å². The molecule has 2 aromatic rings. The molecule has 4 N–H and O–H groups in total. The van der Waals surface area contributed by atoms with Crippen LogP contribution in [0.15, 0.2) is 34.7 Å². The minimum absolute atomic E-state index is 0.0409. The predicted octanol–water partition coefficient (Wildman–Crippen LogP) is 0.564. The van der Waals surface area contributed by atoms with E-state index in [2.05, 4.69) is 0 Å². The van der Waals surface area contributed by atoms with E-state index < -0.39 is 30.9 Å². The van der Waals surface area contributed by atoms with Crippen LogP contribution in [0.4, 0.5) is 0 Å². The normalized spacial score (nSPS) is 14.3. The number of hydrogen-bond acceptors (Lipinski definition) is 8. The first-order valence-corrected chi connectivity index (χ1v) is 7.79. The third-order valence-electron chi connectivity index (χ3n) is 3.85. The Hall–Kier alpha value is -2.70. The van der Waals surface area contributed by atoms with Gasteiger partial charge in [-0.15, -0.1) is 0 Å². The molecule has 0 spiro atoms. The summed E-state index contributed by atoms with van der Waals surface area (Å²) in [6.07, 6.45) is -4.87. The van der Waals surface area contributed by atoms with Crippen LogP contribution < -0.4 is 0 Å². The van der Waals surface area contributed by atoms with Gasteiger partial charge in [-0.1, -0.05) is 18.2 Å². The summed E-state index contributed by atoms with van der Waals surface area (Å²) in [6, 6.07) is 9.89. The number of esters is 1. The number of ether oxygens (including phenoxy) is 1. The second-order valence-electron chi connectivity index (χ2n) is 5.65. The summed E-state index contributed by atoms with van der Waals surface area (Å²) >= 11 is 0. The molecule has 0 saturated heterocycles.